The van der Waals surface area contributed by atoms with Gasteiger partial charge in [-0.1, -0.05) is 36.4 Å². The number of rotatable bonds is 4. The summed E-state index contributed by atoms with van der Waals surface area (Å²) in [5.41, 5.74) is 2.97. The van der Waals surface area contributed by atoms with Crippen LogP contribution in [0.15, 0.2) is 84.9 Å². The average Bonchev–Trinajstić information content (AvgIpc) is 3.32. The maximum absolute atomic E-state index is 12.9. The Labute approximate surface area is 155 Å². The van der Waals surface area contributed by atoms with Crippen LogP contribution in [0.2, 0.25) is 0 Å². The van der Waals surface area contributed by atoms with Gasteiger partial charge in [-0.2, -0.15) is 0 Å². The molecule has 0 amide bonds. The molecule has 0 atom stereocenters. The zero-order valence-electron chi connectivity index (χ0n) is 14.4. The largest absolute Gasteiger partial charge is 0.457 e. The number of carbonyl (C=O) groups is 1. The van der Waals surface area contributed by atoms with Gasteiger partial charge in [0.25, 0.3) is 0 Å². The molecule has 5 rings (SSSR count). The summed E-state index contributed by atoms with van der Waals surface area (Å²) in [5.74, 6) is 1.45. The summed E-state index contributed by atoms with van der Waals surface area (Å²) in [6.07, 6.45) is 0. The molecule has 0 radical (unpaired) electrons. The summed E-state index contributed by atoms with van der Waals surface area (Å²) < 4.78 is 5.88. The summed E-state index contributed by atoms with van der Waals surface area (Å²) >= 11 is 0. The van der Waals surface area contributed by atoms with Crippen LogP contribution in [-0.2, 0) is 0 Å². The molecule has 4 heteroatoms. The Morgan fingerprint density at radius 3 is 2.07 bits per heavy atom. The van der Waals surface area contributed by atoms with Gasteiger partial charge in [0.1, 0.15) is 11.5 Å². The van der Waals surface area contributed by atoms with E-state index in [1.807, 2.05) is 84.9 Å². The monoisotopic (exact) mass is 352 g/mol. The number of nitrogens with one attached hydrogen (secondary N) is 2. The number of aromatic nitrogens is 2. The number of ketones is 1. The minimum atomic E-state index is -0.0621. The number of hydrogen-bond acceptors (Lipinski definition) is 2. The van der Waals surface area contributed by atoms with Crippen molar-refractivity contribution in [1.82, 2.24) is 9.97 Å². The second kappa shape index (κ2) is 6.18. The van der Waals surface area contributed by atoms with Crippen LogP contribution in [0, 0.1) is 0 Å². The molecule has 0 saturated heterocycles. The molecular weight excluding hydrogens is 336 g/mol. The van der Waals surface area contributed by atoms with Crippen molar-refractivity contribution in [3.63, 3.8) is 0 Å². The highest BCUT2D eigenvalue weighted by Gasteiger charge is 2.15. The predicted molar refractivity (Wildman–Crippen MR) is 107 cm³/mol. The van der Waals surface area contributed by atoms with Crippen LogP contribution in [0.3, 0.4) is 0 Å². The lowest BCUT2D eigenvalue weighted by molar-refractivity contribution is 0.103. The molecule has 27 heavy (non-hydrogen) atoms. The Kier molecular flexibility index (Phi) is 3.54. The topological polar surface area (TPSA) is 57.9 Å². The third-order valence-corrected chi connectivity index (χ3v) is 4.59. The highest BCUT2D eigenvalue weighted by Crippen LogP contribution is 2.27. The molecule has 3 aromatic carbocycles. The van der Waals surface area contributed by atoms with Crippen molar-refractivity contribution in [2.45, 2.75) is 0 Å². The summed E-state index contributed by atoms with van der Waals surface area (Å²) in [6, 6.07) is 27.0. The maximum atomic E-state index is 12.9. The van der Waals surface area contributed by atoms with Gasteiger partial charge in [0.15, 0.2) is 0 Å². The molecule has 0 aliphatic carbocycles. The van der Waals surface area contributed by atoms with E-state index in [0.29, 0.717) is 11.4 Å². The minimum absolute atomic E-state index is 0.0621. The highest BCUT2D eigenvalue weighted by molar-refractivity contribution is 6.11. The molecule has 0 unspecified atom stereocenters. The van der Waals surface area contributed by atoms with Crippen molar-refractivity contribution in [1.29, 1.82) is 0 Å². The molecule has 0 bridgehead atoms. The van der Waals surface area contributed by atoms with Crippen molar-refractivity contribution < 1.29 is 9.53 Å². The van der Waals surface area contributed by atoms with E-state index in [4.69, 9.17) is 4.74 Å². The van der Waals surface area contributed by atoms with Crippen LogP contribution in [0.1, 0.15) is 16.2 Å². The second-order valence-corrected chi connectivity index (χ2v) is 6.45. The quantitative estimate of drug-likeness (QED) is 0.409. The van der Waals surface area contributed by atoms with Gasteiger partial charge in [0, 0.05) is 21.8 Å². The van der Waals surface area contributed by atoms with Crippen LogP contribution >= 0.6 is 0 Å². The van der Waals surface area contributed by atoms with Gasteiger partial charge in [-0.05, 0) is 48.5 Å². The van der Waals surface area contributed by atoms with E-state index >= 15 is 0 Å². The molecule has 2 aromatic heterocycles. The fourth-order valence-corrected chi connectivity index (χ4v) is 3.26. The van der Waals surface area contributed by atoms with E-state index in [1.165, 1.54) is 0 Å². The number of fused-ring (bicyclic) bond motifs is 2. The minimum Gasteiger partial charge on any atom is -0.457 e. The first-order valence-corrected chi connectivity index (χ1v) is 8.74. The first-order valence-electron chi connectivity index (χ1n) is 8.74. The lowest BCUT2D eigenvalue weighted by Crippen LogP contribution is -2.01. The predicted octanol–water partition coefficient (Wildman–Crippen LogP) is 5.67. The molecule has 5 aromatic rings. The van der Waals surface area contributed by atoms with Crippen molar-refractivity contribution >= 4 is 27.6 Å². The number of hydrogen-bond donors (Lipinski definition) is 2. The normalized spacial score (nSPS) is 11.1. The van der Waals surface area contributed by atoms with E-state index in [-0.39, 0.29) is 5.78 Å². The van der Waals surface area contributed by atoms with Crippen LogP contribution < -0.4 is 4.74 Å². The van der Waals surface area contributed by atoms with Crippen molar-refractivity contribution in [2.24, 2.45) is 0 Å². The maximum Gasteiger partial charge on any atom is 0.225 e. The van der Waals surface area contributed by atoms with Gasteiger partial charge in [-0.3, -0.25) is 4.79 Å². The number of aromatic amines is 2. The summed E-state index contributed by atoms with van der Waals surface area (Å²) in [4.78, 5) is 19.3. The zero-order valence-corrected chi connectivity index (χ0v) is 14.4. The summed E-state index contributed by atoms with van der Waals surface area (Å²) in [5, 5.41) is 1.96. The van der Waals surface area contributed by atoms with Crippen LogP contribution in [0.4, 0.5) is 0 Å². The third kappa shape index (κ3) is 2.87. The molecule has 0 fully saturated rings. The number of ether oxygens (including phenoxy) is 1. The lowest BCUT2D eigenvalue weighted by Gasteiger charge is -2.04. The third-order valence-electron chi connectivity index (χ3n) is 4.59. The van der Waals surface area contributed by atoms with E-state index < -0.39 is 0 Å². The number of para-hydroxylation sites is 2. The Morgan fingerprint density at radius 2 is 1.30 bits per heavy atom. The molecule has 0 aliphatic heterocycles. The second-order valence-electron chi connectivity index (χ2n) is 6.45. The van der Waals surface area contributed by atoms with Gasteiger partial charge < -0.3 is 14.7 Å². The van der Waals surface area contributed by atoms with Gasteiger partial charge in [-0.15, -0.1) is 0 Å². The van der Waals surface area contributed by atoms with Crippen LogP contribution in [0.5, 0.6) is 11.5 Å². The zero-order chi connectivity index (χ0) is 18.2. The Bertz CT molecular complexity index is 1230. The van der Waals surface area contributed by atoms with Crippen molar-refractivity contribution in [3.05, 3.63) is 96.3 Å². The fourth-order valence-electron chi connectivity index (χ4n) is 3.26. The molecule has 2 N–H and O–H groups in total. The molecule has 2 heterocycles. The average molecular weight is 352 g/mol. The Balaban J connectivity index is 1.47. The van der Waals surface area contributed by atoms with Crippen molar-refractivity contribution in [2.75, 3.05) is 0 Å². The summed E-state index contributed by atoms with van der Waals surface area (Å²) in [6.45, 7) is 0. The fraction of sp³-hybridized carbons (Fsp3) is 0. The van der Waals surface area contributed by atoms with E-state index in [0.717, 1.165) is 33.3 Å². The standard InChI is InChI=1S/C23H16N2O2/c26-23(21-13-15-6-4-5-9-19(15)24-21)22-14-16-12-18(10-11-20(16)25-22)27-17-7-2-1-3-8-17/h1-14,24-25H. The molecule has 0 spiro atoms. The number of carbonyl (C=O) groups excluding carboxylic acids is 1. The van der Waals surface area contributed by atoms with Crippen LogP contribution in [-0.4, -0.2) is 15.8 Å². The lowest BCUT2D eigenvalue weighted by atomic mass is 10.2. The smallest absolute Gasteiger partial charge is 0.225 e. The van der Waals surface area contributed by atoms with E-state index in [2.05, 4.69) is 9.97 Å². The molecule has 130 valence electrons. The van der Waals surface area contributed by atoms with Crippen LogP contribution in [0.25, 0.3) is 21.8 Å². The van der Waals surface area contributed by atoms with E-state index in [1.54, 1.807) is 0 Å². The highest BCUT2D eigenvalue weighted by atomic mass is 16.5. The van der Waals surface area contributed by atoms with Gasteiger partial charge >= 0.3 is 0 Å². The number of H-pyrrole nitrogens is 2. The van der Waals surface area contributed by atoms with Gasteiger partial charge in [0.2, 0.25) is 5.78 Å². The molecule has 0 aliphatic rings. The summed E-state index contributed by atoms with van der Waals surface area (Å²) in [7, 11) is 0. The van der Waals surface area contributed by atoms with E-state index in [9.17, 15) is 4.79 Å². The Morgan fingerprint density at radius 1 is 0.630 bits per heavy atom. The number of benzene rings is 3. The first-order chi connectivity index (χ1) is 13.3. The molecule has 0 saturated carbocycles. The van der Waals surface area contributed by atoms with Gasteiger partial charge in [-0.25, -0.2) is 0 Å². The molecule has 4 nitrogen and oxygen atoms in total. The Hall–Kier alpha value is -3.79. The first kappa shape index (κ1) is 15.5. The van der Waals surface area contributed by atoms with Crippen molar-refractivity contribution in [3.8, 4) is 11.5 Å². The SMILES string of the molecule is O=C(c1cc2ccccc2[nH]1)c1cc2cc(Oc3ccccc3)ccc2[nH]1. The molecular formula is C23H16N2O2. The van der Waals surface area contributed by atoms with Gasteiger partial charge in [0.05, 0.1) is 11.4 Å².